The van der Waals surface area contributed by atoms with E-state index in [0.29, 0.717) is 0 Å². The molecule has 1 aromatic rings. The van der Waals surface area contributed by atoms with Gasteiger partial charge in [0.15, 0.2) is 0 Å². The van der Waals surface area contributed by atoms with Crippen LogP contribution < -0.4 is 10.6 Å². The van der Waals surface area contributed by atoms with Gasteiger partial charge in [0.2, 0.25) is 5.91 Å². The molecule has 1 atom stereocenters. The SMILES string of the molecule is CC[C@H](C)NC(=O)NC(=O)CN(CC)Cc1cccs1. The number of carbonyl (C=O) groups excluding carboxylic acids is 2. The van der Waals surface area contributed by atoms with Crippen molar-refractivity contribution in [2.75, 3.05) is 13.1 Å². The molecule has 0 unspecified atom stereocenters. The quantitative estimate of drug-likeness (QED) is 0.811. The maximum atomic E-state index is 11.8. The standard InChI is InChI=1S/C14H23N3O2S/c1-4-11(3)15-14(19)16-13(18)10-17(5-2)9-12-7-6-8-20-12/h6-8,11H,4-5,9-10H2,1-3H3,(H2,15,16,18,19)/t11-/m0/s1. The zero-order valence-electron chi connectivity index (χ0n) is 12.3. The average molecular weight is 297 g/mol. The van der Waals surface area contributed by atoms with Crippen LogP contribution in [0.2, 0.25) is 0 Å². The van der Waals surface area contributed by atoms with Gasteiger partial charge in [-0.05, 0) is 31.3 Å². The second kappa shape index (κ2) is 8.71. The van der Waals surface area contributed by atoms with Gasteiger partial charge < -0.3 is 5.32 Å². The summed E-state index contributed by atoms with van der Waals surface area (Å²) in [5.74, 6) is -0.274. The molecule has 2 N–H and O–H groups in total. The van der Waals surface area contributed by atoms with Gasteiger partial charge in [-0.25, -0.2) is 4.79 Å². The van der Waals surface area contributed by atoms with Crippen molar-refractivity contribution in [2.45, 2.75) is 39.8 Å². The molecular formula is C14H23N3O2S. The minimum Gasteiger partial charge on any atom is -0.335 e. The van der Waals surface area contributed by atoms with Crippen molar-refractivity contribution in [1.29, 1.82) is 0 Å². The molecule has 0 saturated heterocycles. The van der Waals surface area contributed by atoms with Crippen molar-refractivity contribution in [3.63, 3.8) is 0 Å². The van der Waals surface area contributed by atoms with Crippen LogP contribution in [0.25, 0.3) is 0 Å². The minimum absolute atomic E-state index is 0.0659. The van der Waals surface area contributed by atoms with E-state index in [1.165, 1.54) is 4.88 Å². The van der Waals surface area contributed by atoms with Crippen molar-refractivity contribution in [2.24, 2.45) is 0 Å². The van der Waals surface area contributed by atoms with Gasteiger partial charge in [0.05, 0.1) is 6.54 Å². The summed E-state index contributed by atoms with van der Waals surface area (Å²) in [6, 6.07) is 3.68. The van der Waals surface area contributed by atoms with Gasteiger partial charge in [-0.2, -0.15) is 0 Å². The Balaban J connectivity index is 2.37. The molecule has 0 aromatic carbocycles. The smallest absolute Gasteiger partial charge is 0.321 e. The lowest BCUT2D eigenvalue weighted by Gasteiger charge is -2.19. The lowest BCUT2D eigenvalue weighted by molar-refractivity contribution is -0.121. The molecule has 0 aliphatic heterocycles. The Labute approximate surface area is 124 Å². The van der Waals surface area contributed by atoms with Crippen molar-refractivity contribution < 1.29 is 9.59 Å². The number of rotatable bonds is 7. The van der Waals surface area contributed by atoms with Crippen molar-refractivity contribution in [3.8, 4) is 0 Å². The summed E-state index contributed by atoms with van der Waals surface area (Å²) in [5, 5.41) is 7.09. The van der Waals surface area contributed by atoms with E-state index in [0.717, 1.165) is 19.5 Å². The molecule has 0 fully saturated rings. The largest absolute Gasteiger partial charge is 0.335 e. The molecule has 0 radical (unpaired) electrons. The Hall–Kier alpha value is -1.40. The number of carbonyl (C=O) groups is 2. The predicted molar refractivity (Wildman–Crippen MR) is 81.7 cm³/mol. The van der Waals surface area contributed by atoms with Crippen LogP contribution in [0.3, 0.4) is 0 Å². The van der Waals surface area contributed by atoms with Gasteiger partial charge in [0.25, 0.3) is 0 Å². The molecular weight excluding hydrogens is 274 g/mol. The zero-order chi connectivity index (χ0) is 15.0. The van der Waals surface area contributed by atoms with Crippen LogP contribution in [0.5, 0.6) is 0 Å². The highest BCUT2D eigenvalue weighted by Crippen LogP contribution is 2.11. The molecule has 1 rings (SSSR count). The summed E-state index contributed by atoms with van der Waals surface area (Å²) in [7, 11) is 0. The number of hydrogen-bond acceptors (Lipinski definition) is 4. The number of thiophene rings is 1. The third-order valence-electron chi connectivity index (χ3n) is 3.02. The molecule has 20 heavy (non-hydrogen) atoms. The topological polar surface area (TPSA) is 61.4 Å². The Morgan fingerprint density at radius 1 is 1.40 bits per heavy atom. The van der Waals surface area contributed by atoms with E-state index in [1.54, 1.807) is 11.3 Å². The molecule has 0 saturated carbocycles. The predicted octanol–water partition coefficient (Wildman–Crippen LogP) is 2.19. The fourth-order valence-corrected chi connectivity index (χ4v) is 2.38. The summed E-state index contributed by atoms with van der Waals surface area (Å²) in [6.45, 7) is 7.60. The van der Waals surface area contributed by atoms with Gasteiger partial charge in [0.1, 0.15) is 0 Å². The van der Waals surface area contributed by atoms with Crippen LogP contribution in [0.4, 0.5) is 4.79 Å². The van der Waals surface area contributed by atoms with Gasteiger partial charge in [-0.15, -0.1) is 11.3 Å². The van der Waals surface area contributed by atoms with Crippen molar-refractivity contribution >= 4 is 23.3 Å². The summed E-state index contributed by atoms with van der Waals surface area (Å²) < 4.78 is 0. The van der Waals surface area contributed by atoms with Crippen LogP contribution >= 0.6 is 11.3 Å². The first-order valence-electron chi connectivity index (χ1n) is 6.90. The highest BCUT2D eigenvalue weighted by atomic mass is 32.1. The molecule has 5 nitrogen and oxygen atoms in total. The maximum absolute atomic E-state index is 11.8. The van der Waals surface area contributed by atoms with Gasteiger partial charge in [-0.1, -0.05) is 19.9 Å². The number of nitrogens with one attached hydrogen (secondary N) is 2. The van der Waals surface area contributed by atoms with Crippen molar-refractivity contribution in [1.82, 2.24) is 15.5 Å². The second-order valence-electron chi connectivity index (χ2n) is 4.71. The zero-order valence-corrected chi connectivity index (χ0v) is 13.1. The number of hydrogen-bond donors (Lipinski definition) is 2. The summed E-state index contributed by atoms with van der Waals surface area (Å²) in [6.07, 6.45) is 0.834. The number of urea groups is 1. The Morgan fingerprint density at radius 3 is 2.70 bits per heavy atom. The highest BCUT2D eigenvalue weighted by molar-refractivity contribution is 7.09. The Morgan fingerprint density at radius 2 is 2.15 bits per heavy atom. The first-order valence-corrected chi connectivity index (χ1v) is 7.78. The first-order chi connectivity index (χ1) is 9.55. The molecule has 1 aromatic heterocycles. The first kappa shape index (κ1) is 16.7. The van der Waals surface area contributed by atoms with Crippen LogP contribution in [0.1, 0.15) is 32.1 Å². The molecule has 0 aliphatic carbocycles. The van der Waals surface area contributed by atoms with Crippen LogP contribution in [-0.4, -0.2) is 36.0 Å². The fraction of sp³-hybridized carbons (Fsp3) is 0.571. The molecule has 1 heterocycles. The Kier molecular flexibility index (Phi) is 7.25. The maximum Gasteiger partial charge on any atom is 0.321 e. The van der Waals surface area contributed by atoms with Gasteiger partial charge in [0, 0.05) is 17.5 Å². The average Bonchev–Trinajstić information content (AvgIpc) is 2.90. The number of amides is 3. The van der Waals surface area contributed by atoms with Crippen LogP contribution in [-0.2, 0) is 11.3 Å². The Bertz CT molecular complexity index is 420. The minimum atomic E-state index is -0.420. The molecule has 112 valence electrons. The third-order valence-corrected chi connectivity index (χ3v) is 3.88. The highest BCUT2D eigenvalue weighted by Gasteiger charge is 2.13. The normalized spacial score (nSPS) is 12.2. The van der Waals surface area contributed by atoms with Crippen LogP contribution in [0, 0.1) is 0 Å². The van der Waals surface area contributed by atoms with E-state index in [-0.39, 0.29) is 18.5 Å². The van der Waals surface area contributed by atoms with E-state index in [2.05, 4.69) is 10.6 Å². The van der Waals surface area contributed by atoms with E-state index in [1.807, 2.05) is 43.2 Å². The van der Waals surface area contributed by atoms with E-state index in [9.17, 15) is 9.59 Å². The monoisotopic (exact) mass is 297 g/mol. The van der Waals surface area contributed by atoms with E-state index in [4.69, 9.17) is 0 Å². The molecule has 0 spiro atoms. The van der Waals surface area contributed by atoms with Crippen molar-refractivity contribution in [3.05, 3.63) is 22.4 Å². The van der Waals surface area contributed by atoms with Gasteiger partial charge in [-0.3, -0.25) is 15.0 Å². The molecule has 6 heteroatoms. The summed E-state index contributed by atoms with van der Waals surface area (Å²) in [4.78, 5) is 26.6. The van der Waals surface area contributed by atoms with E-state index >= 15 is 0 Å². The molecule has 3 amide bonds. The van der Waals surface area contributed by atoms with E-state index < -0.39 is 6.03 Å². The lowest BCUT2D eigenvalue weighted by Crippen LogP contribution is -2.46. The summed E-state index contributed by atoms with van der Waals surface area (Å²) >= 11 is 1.67. The third kappa shape index (κ3) is 6.16. The lowest BCUT2D eigenvalue weighted by atomic mass is 10.3. The number of nitrogens with zero attached hydrogens (tertiary/aromatic N) is 1. The summed E-state index contributed by atoms with van der Waals surface area (Å²) in [5.41, 5.74) is 0. The number of imide groups is 1. The van der Waals surface area contributed by atoms with Gasteiger partial charge >= 0.3 is 6.03 Å². The second-order valence-corrected chi connectivity index (χ2v) is 5.75. The molecule has 0 aliphatic rings. The molecule has 0 bridgehead atoms. The van der Waals surface area contributed by atoms with Crippen LogP contribution in [0.15, 0.2) is 17.5 Å². The fourth-order valence-electron chi connectivity index (χ4n) is 1.63. The number of likely N-dealkylation sites (N-methyl/N-ethyl adjacent to an activating group) is 1.